The highest BCUT2D eigenvalue weighted by atomic mass is 35.5. The van der Waals surface area contributed by atoms with Crippen LogP contribution in [-0.4, -0.2) is 11.0 Å². The maximum atomic E-state index is 8.63. The summed E-state index contributed by atoms with van der Waals surface area (Å²) in [5.41, 5.74) is 7.03. The minimum absolute atomic E-state index is 0.0374. The van der Waals surface area contributed by atoms with Crippen molar-refractivity contribution in [3.8, 4) is 0 Å². The van der Waals surface area contributed by atoms with E-state index in [-0.39, 0.29) is 11.9 Å². The smallest absolute Gasteiger partial charge is 0.170 e. The Morgan fingerprint density at radius 2 is 2.30 bits per heavy atom. The molecule has 1 aromatic carbocycles. The predicted octanol–water partition coefficient (Wildman–Crippen LogP) is 2.88. The minimum atomic E-state index is 0.0374. The van der Waals surface area contributed by atoms with Crippen LogP contribution in [0.3, 0.4) is 0 Å². The Labute approximate surface area is 122 Å². The highest BCUT2D eigenvalue weighted by Gasteiger charge is 2.09. The van der Waals surface area contributed by atoms with Gasteiger partial charge in [0, 0.05) is 17.1 Å². The molecule has 6 heteroatoms. The quantitative estimate of drug-likeness (QED) is 0.342. The fourth-order valence-corrected chi connectivity index (χ4v) is 2.06. The zero-order valence-corrected chi connectivity index (χ0v) is 11.8. The number of benzene rings is 1. The standard InChI is InChI=1S/C14H16ClN3O2/c1-9(13-3-2-6-20-13)17-8-11-5-4-10(7-12(11)15)14(16)18-19/h2-7,9,17,19H,8H2,1H3,(H2,16,18)/t9-/m1/s1. The van der Waals surface area contributed by atoms with E-state index in [0.717, 1.165) is 11.3 Å². The maximum absolute atomic E-state index is 8.63. The third-order valence-corrected chi connectivity index (χ3v) is 3.38. The molecule has 5 nitrogen and oxygen atoms in total. The molecule has 0 spiro atoms. The molecule has 2 aromatic rings. The van der Waals surface area contributed by atoms with Crippen molar-refractivity contribution in [3.63, 3.8) is 0 Å². The monoisotopic (exact) mass is 293 g/mol. The Morgan fingerprint density at radius 3 is 2.90 bits per heavy atom. The van der Waals surface area contributed by atoms with Crippen LogP contribution in [0.15, 0.2) is 46.2 Å². The molecule has 0 saturated heterocycles. The Balaban J connectivity index is 2.03. The van der Waals surface area contributed by atoms with Gasteiger partial charge in [0.15, 0.2) is 5.84 Å². The van der Waals surface area contributed by atoms with Gasteiger partial charge in [-0.25, -0.2) is 0 Å². The van der Waals surface area contributed by atoms with Crippen molar-refractivity contribution >= 4 is 17.4 Å². The molecule has 0 aliphatic carbocycles. The summed E-state index contributed by atoms with van der Waals surface area (Å²) in [4.78, 5) is 0. The van der Waals surface area contributed by atoms with E-state index in [1.54, 1.807) is 18.4 Å². The van der Waals surface area contributed by atoms with Crippen LogP contribution in [0.2, 0.25) is 5.02 Å². The molecule has 106 valence electrons. The van der Waals surface area contributed by atoms with Crippen molar-refractivity contribution in [3.05, 3.63) is 58.5 Å². The normalized spacial score (nSPS) is 13.4. The number of nitrogens with two attached hydrogens (primary N) is 1. The van der Waals surface area contributed by atoms with Crippen LogP contribution in [0.1, 0.15) is 29.9 Å². The molecule has 20 heavy (non-hydrogen) atoms. The lowest BCUT2D eigenvalue weighted by molar-refractivity contribution is 0.318. The predicted molar refractivity (Wildman–Crippen MR) is 77.9 cm³/mol. The van der Waals surface area contributed by atoms with E-state index >= 15 is 0 Å². The number of rotatable bonds is 5. The first-order valence-electron chi connectivity index (χ1n) is 6.15. The molecular weight excluding hydrogens is 278 g/mol. The summed E-state index contributed by atoms with van der Waals surface area (Å²) in [6.07, 6.45) is 1.65. The molecule has 1 heterocycles. The first kappa shape index (κ1) is 14.4. The number of furan rings is 1. The number of nitrogens with one attached hydrogen (secondary N) is 1. The van der Waals surface area contributed by atoms with Gasteiger partial charge in [0.2, 0.25) is 0 Å². The fraction of sp³-hybridized carbons (Fsp3) is 0.214. The molecule has 4 N–H and O–H groups in total. The Bertz CT molecular complexity index is 596. The first-order chi connectivity index (χ1) is 9.61. The van der Waals surface area contributed by atoms with Crippen LogP contribution in [0.5, 0.6) is 0 Å². The Hall–Kier alpha value is -1.98. The summed E-state index contributed by atoms with van der Waals surface area (Å²) < 4.78 is 5.32. The molecule has 2 rings (SSSR count). The van der Waals surface area contributed by atoms with Crippen LogP contribution in [0.25, 0.3) is 0 Å². The highest BCUT2D eigenvalue weighted by Crippen LogP contribution is 2.19. The van der Waals surface area contributed by atoms with Crippen molar-refractivity contribution in [2.24, 2.45) is 10.9 Å². The van der Waals surface area contributed by atoms with Crippen LogP contribution >= 0.6 is 11.6 Å². The molecule has 0 aliphatic rings. The SMILES string of the molecule is C[C@@H](NCc1ccc(/C(N)=N/O)cc1Cl)c1ccco1. The molecule has 1 atom stereocenters. The van der Waals surface area contributed by atoms with Gasteiger partial charge in [0.1, 0.15) is 5.76 Å². The van der Waals surface area contributed by atoms with E-state index in [1.165, 1.54) is 0 Å². The summed E-state index contributed by atoms with van der Waals surface area (Å²) in [5, 5.41) is 15.5. The van der Waals surface area contributed by atoms with E-state index < -0.39 is 0 Å². The van der Waals surface area contributed by atoms with Crippen molar-refractivity contribution in [1.29, 1.82) is 0 Å². The second kappa shape index (κ2) is 6.45. The van der Waals surface area contributed by atoms with Crippen molar-refractivity contribution in [1.82, 2.24) is 5.32 Å². The van der Waals surface area contributed by atoms with Crippen molar-refractivity contribution < 1.29 is 9.62 Å². The maximum Gasteiger partial charge on any atom is 0.170 e. The zero-order chi connectivity index (χ0) is 14.5. The van der Waals surface area contributed by atoms with Crippen molar-refractivity contribution in [2.75, 3.05) is 0 Å². The zero-order valence-electron chi connectivity index (χ0n) is 11.0. The van der Waals surface area contributed by atoms with Crippen LogP contribution < -0.4 is 11.1 Å². The molecule has 0 radical (unpaired) electrons. The number of halogens is 1. The average Bonchev–Trinajstić information content (AvgIpc) is 2.99. The van der Waals surface area contributed by atoms with Gasteiger partial charge in [-0.3, -0.25) is 0 Å². The number of amidine groups is 1. The molecule has 0 bridgehead atoms. The largest absolute Gasteiger partial charge is 0.468 e. The van der Waals surface area contributed by atoms with E-state index in [2.05, 4.69) is 10.5 Å². The molecular formula is C14H16ClN3O2. The minimum Gasteiger partial charge on any atom is -0.468 e. The van der Waals surface area contributed by atoms with Gasteiger partial charge in [-0.2, -0.15) is 0 Å². The first-order valence-corrected chi connectivity index (χ1v) is 6.52. The lowest BCUT2D eigenvalue weighted by atomic mass is 10.1. The summed E-state index contributed by atoms with van der Waals surface area (Å²) in [6, 6.07) is 9.13. The highest BCUT2D eigenvalue weighted by molar-refractivity contribution is 6.31. The van der Waals surface area contributed by atoms with Gasteiger partial charge in [-0.1, -0.05) is 28.9 Å². The lowest BCUT2D eigenvalue weighted by Crippen LogP contribution is -2.18. The number of hydrogen-bond donors (Lipinski definition) is 3. The van der Waals surface area contributed by atoms with Crippen LogP contribution in [0, 0.1) is 0 Å². The summed E-state index contributed by atoms with van der Waals surface area (Å²) in [7, 11) is 0. The number of hydrogen-bond acceptors (Lipinski definition) is 4. The number of nitrogens with zero attached hydrogens (tertiary/aromatic N) is 1. The van der Waals surface area contributed by atoms with Gasteiger partial charge in [-0.05, 0) is 30.7 Å². The van der Waals surface area contributed by atoms with Gasteiger partial charge in [-0.15, -0.1) is 0 Å². The molecule has 0 amide bonds. The lowest BCUT2D eigenvalue weighted by Gasteiger charge is -2.12. The second-order valence-electron chi connectivity index (χ2n) is 4.41. The van der Waals surface area contributed by atoms with E-state index in [9.17, 15) is 0 Å². The fourth-order valence-electron chi connectivity index (χ4n) is 1.81. The molecule has 0 fully saturated rings. The number of oxime groups is 1. The van der Waals surface area contributed by atoms with Crippen molar-refractivity contribution in [2.45, 2.75) is 19.5 Å². The van der Waals surface area contributed by atoms with Gasteiger partial charge in [0.25, 0.3) is 0 Å². The van der Waals surface area contributed by atoms with Crippen LogP contribution in [0.4, 0.5) is 0 Å². The Kier molecular flexibility index (Phi) is 4.65. The third-order valence-electron chi connectivity index (χ3n) is 3.03. The second-order valence-corrected chi connectivity index (χ2v) is 4.82. The van der Waals surface area contributed by atoms with Gasteiger partial charge in [0.05, 0.1) is 12.3 Å². The summed E-state index contributed by atoms with van der Waals surface area (Å²) in [6.45, 7) is 2.61. The Morgan fingerprint density at radius 1 is 1.50 bits per heavy atom. The summed E-state index contributed by atoms with van der Waals surface area (Å²) >= 11 is 6.18. The molecule has 0 aliphatic heterocycles. The summed E-state index contributed by atoms with van der Waals surface area (Å²) in [5.74, 6) is 0.907. The molecule has 1 aromatic heterocycles. The van der Waals surface area contributed by atoms with Gasteiger partial charge < -0.3 is 20.7 Å². The third kappa shape index (κ3) is 3.31. The molecule has 0 unspecified atom stereocenters. The van der Waals surface area contributed by atoms with Gasteiger partial charge >= 0.3 is 0 Å². The van der Waals surface area contributed by atoms with E-state index in [0.29, 0.717) is 17.1 Å². The van der Waals surface area contributed by atoms with Crippen LogP contribution in [-0.2, 0) is 6.54 Å². The van der Waals surface area contributed by atoms with E-state index in [4.69, 9.17) is 27.0 Å². The topological polar surface area (TPSA) is 83.8 Å². The average molecular weight is 294 g/mol. The molecule has 0 saturated carbocycles. The van der Waals surface area contributed by atoms with E-state index in [1.807, 2.05) is 25.1 Å².